The summed E-state index contributed by atoms with van der Waals surface area (Å²) in [4.78, 5) is 11.8. The smallest absolute Gasteiger partial charge is 0.352 e. The molecule has 0 unspecified atom stereocenters. The van der Waals surface area contributed by atoms with Gasteiger partial charge in [-0.25, -0.2) is 12.8 Å². The van der Waals surface area contributed by atoms with Crippen LogP contribution in [0, 0.1) is 17.7 Å². The fourth-order valence-electron chi connectivity index (χ4n) is 3.81. The maximum atomic E-state index is 13.5. The third-order valence-corrected chi connectivity index (χ3v) is 9.02. The Morgan fingerprint density at radius 1 is 1.12 bits per heavy atom. The number of nitrogens with one attached hydrogen (secondary N) is 1. The van der Waals surface area contributed by atoms with Gasteiger partial charge < -0.3 is 5.32 Å². The molecule has 0 spiro atoms. The molecule has 32 heavy (non-hydrogen) atoms. The van der Waals surface area contributed by atoms with Crippen LogP contribution in [0.25, 0.3) is 0 Å². The van der Waals surface area contributed by atoms with E-state index in [2.05, 4.69) is 5.32 Å². The molecule has 0 atom stereocenters. The summed E-state index contributed by atoms with van der Waals surface area (Å²) >= 11 is 5.60. The molecule has 1 N–H and O–H groups in total. The highest BCUT2D eigenvalue weighted by molar-refractivity contribution is 7.92. The predicted molar refractivity (Wildman–Crippen MR) is 113 cm³/mol. The number of amides is 1. The molecule has 0 saturated heterocycles. The van der Waals surface area contributed by atoms with Crippen molar-refractivity contribution in [3.05, 3.63) is 64.4 Å². The Hall–Kier alpha value is -2.13. The second-order valence-corrected chi connectivity index (χ2v) is 11.4. The normalized spacial score (nSPS) is 19.3. The van der Waals surface area contributed by atoms with Crippen molar-refractivity contribution < 1.29 is 30.8 Å². The minimum Gasteiger partial charge on any atom is -0.352 e. The average molecular weight is 492 g/mol. The summed E-state index contributed by atoms with van der Waals surface area (Å²) in [5, 5.41) is 2.60. The monoisotopic (exact) mass is 491 g/mol. The van der Waals surface area contributed by atoms with E-state index in [4.69, 9.17) is 11.6 Å². The molecule has 1 amide bonds. The van der Waals surface area contributed by atoms with Gasteiger partial charge in [-0.3, -0.25) is 4.79 Å². The Morgan fingerprint density at radius 3 is 2.38 bits per heavy atom. The molecule has 0 heterocycles. The molecule has 174 valence electrons. The Bertz CT molecular complexity index is 1130. The van der Waals surface area contributed by atoms with E-state index in [0.717, 1.165) is 18.2 Å². The van der Waals surface area contributed by atoms with Crippen LogP contribution in [0.1, 0.15) is 42.6 Å². The van der Waals surface area contributed by atoms with E-state index in [0.29, 0.717) is 18.9 Å². The summed E-state index contributed by atoms with van der Waals surface area (Å²) in [6.45, 7) is 3.30. The van der Waals surface area contributed by atoms with E-state index in [-0.39, 0.29) is 33.9 Å². The Labute approximate surface area is 188 Å². The molecule has 0 aliphatic heterocycles. The first-order valence-electron chi connectivity index (χ1n) is 9.88. The van der Waals surface area contributed by atoms with E-state index in [1.54, 1.807) is 0 Å². The molecule has 10 heteroatoms. The van der Waals surface area contributed by atoms with Crippen molar-refractivity contribution in [2.45, 2.75) is 42.5 Å². The number of hydrogen-bond donors (Lipinski definition) is 1. The van der Waals surface area contributed by atoms with Crippen molar-refractivity contribution in [2.75, 3.05) is 6.54 Å². The lowest BCUT2D eigenvalue weighted by molar-refractivity contribution is -0.137. The van der Waals surface area contributed by atoms with E-state index < -0.39 is 38.0 Å². The van der Waals surface area contributed by atoms with E-state index in [1.807, 2.05) is 0 Å². The van der Waals surface area contributed by atoms with Gasteiger partial charge in [0.2, 0.25) is 0 Å². The Balaban J connectivity index is 1.62. The van der Waals surface area contributed by atoms with Crippen LogP contribution < -0.4 is 5.32 Å². The average Bonchev–Trinajstić information content (AvgIpc) is 2.67. The summed E-state index contributed by atoms with van der Waals surface area (Å²) in [5.41, 5.74) is -0.891. The van der Waals surface area contributed by atoms with E-state index in [1.165, 1.54) is 32.0 Å². The minimum atomic E-state index is -4.64. The fraction of sp³-hybridized carbons (Fsp3) is 0.409. The SMILES string of the molecule is CC(C)(C1CC(CNC(=O)c2ccc(Cl)c(F)c2)C1)S(=O)(=O)c1cccc(C(F)(F)F)c1. The van der Waals surface area contributed by atoms with Gasteiger partial charge in [0, 0.05) is 12.1 Å². The third kappa shape index (κ3) is 4.78. The number of carbonyl (C=O) groups is 1. The van der Waals surface area contributed by atoms with Gasteiger partial charge in [-0.2, -0.15) is 13.2 Å². The summed E-state index contributed by atoms with van der Waals surface area (Å²) in [7, 11) is -4.03. The summed E-state index contributed by atoms with van der Waals surface area (Å²) < 4.78 is 77.4. The van der Waals surface area contributed by atoms with Crippen LogP contribution in [0.2, 0.25) is 5.02 Å². The van der Waals surface area contributed by atoms with Crippen LogP contribution >= 0.6 is 11.6 Å². The van der Waals surface area contributed by atoms with E-state index in [9.17, 15) is 30.8 Å². The number of rotatable bonds is 6. The Morgan fingerprint density at radius 2 is 1.78 bits per heavy atom. The Kier molecular flexibility index (Phi) is 6.64. The second kappa shape index (κ2) is 8.67. The van der Waals surface area contributed by atoms with Crippen molar-refractivity contribution in [1.82, 2.24) is 5.32 Å². The molecule has 1 fully saturated rings. The zero-order chi connectivity index (χ0) is 23.9. The van der Waals surface area contributed by atoms with Gasteiger partial charge in [-0.05, 0) is 74.9 Å². The standard InChI is InChI=1S/C22H22ClF4NO3S/c1-21(2,32(30,31)17-5-3-4-15(11-17)22(25,26)27)16-8-13(9-16)12-28-20(29)14-6-7-18(23)19(24)10-14/h3-7,10-11,13,16H,8-9,12H2,1-2H3,(H,28,29). The number of sulfone groups is 1. The van der Waals surface area contributed by atoms with Gasteiger partial charge in [0.25, 0.3) is 5.91 Å². The van der Waals surface area contributed by atoms with Gasteiger partial charge in [0.1, 0.15) is 5.82 Å². The van der Waals surface area contributed by atoms with Crippen molar-refractivity contribution in [1.29, 1.82) is 0 Å². The van der Waals surface area contributed by atoms with Crippen LogP contribution in [-0.4, -0.2) is 25.6 Å². The quantitative estimate of drug-likeness (QED) is 0.542. The van der Waals surface area contributed by atoms with Gasteiger partial charge in [0.15, 0.2) is 9.84 Å². The van der Waals surface area contributed by atoms with Crippen molar-refractivity contribution >= 4 is 27.3 Å². The lowest BCUT2D eigenvalue weighted by atomic mass is 9.69. The first-order chi connectivity index (χ1) is 14.7. The van der Waals surface area contributed by atoms with Gasteiger partial charge in [0.05, 0.1) is 20.2 Å². The maximum absolute atomic E-state index is 13.5. The summed E-state index contributed by atoms with van der Waals surface area (Å²) in [5.74, 6) is -1.45. The molecule has 1 saturated carbocycles. The molecule has 0 radical (unpaired) electrons. The number of halogens is 5. The highest BCUT2D eigenvalue weighted by Gasteiger charge is 2.48. The van der Waals surface area contributed by atoms with Crippen molar-refractivity contribution in [2.24, 2.45) is 11.8 Å². The number of hydrogen-bond acceptors (Lipinski definition) is 3. The molecular formula is C22H22ClF4NO3S. The highest BCUT2D eigenvalue weighted by atomic mass is 35.5. The van der Waals surface area contributed by atoms with Crippen LogP contribution in [0.5, 0.6) is 0 Å². The van der Waals surface area contributed by atoms with Gasteiger partial charge >= 0.3 is 6.18 Å². The second-order valence-electron chi connectivity index (χ2n) is 8.51. The summed E-state index contributed by atoms with van der Waals surface area (Å²) in [6, 6.07) is 7.48. The molecule has 2 aromatic carbocycles. The van der Waals surface area contributed by atoms with Gasteiger partial charge in [-0.1, -0.05) is 17.7 Å². The number of benzene rings is 2. The topological polar surface area (TPSA) is 63.2 Å². The summed E-state index contributed by atoms with van der Waals surface area (Å²) in [6.07, 6.45) is -3.66. The maximum Gasteiger partial charge on any atom is 0.416 e. The van der Waals surface area contributed by atoms with Crippen molar-refractivity contribution in [3.63, 3.8) is 0 Å². The highest BCUT2D eigenvalue weighted by Crippen LogP contribution is 2.46. The first-order valence-corrected chi connectivity index (χ1v) is 11.7. The predicted octanol–water partition coefficient (Wildman–Crippen LogP) is 5.51. The largest absolute Gasteiger partial charge is 0.416 e. The number of alkyl halides is 3. The third-order valence-electron chi connectivity index (χ3n) is 6.12. The minimum absolute atomic E-state index is 0.0112. The molecular weight excluding hydrogens is 470 g/mol. The lowest BCUT2D eigenvalue weighted by Crippen LogP contribution is -2.48. The van der Waals surface area contributed by atoms with Crippen molar-refractivity contribution in [3.8, 4) is 0 Å². The van der Waals surface area contributed by atoms with Gasteiger partial charge in [-0.15, -0.1) is 0 Å². The number of carbonyl (C=O) groups excluding carboxylic acids is 1. The molecule has 0 bridgehead atoms. The molecule has 1 aliphatic carbocycles. The van der Waals surface area contributed by atoms with Crippen LogP contribution in [0.15, 0.2) is 47.4 Å². The zero-order valence-electron chi connectivity index (χ0n) is 17.3. The molecule has 1 aliphatic rings. The zero-order valence-corrected chi connectivity index (χ0v) is 18.9. The van der Waals surface area contributed by atoms with Crippen LogP contribution in [0.4, 0.5) is 17.6 Å². The molecule has 4 nitrogen and oxygen atoms in total. The first kappa shape index (κ1) is 24.5. The fourth-order valence-corrected chi connectivity index (χ4v) is 5.71. The molecule has 3 rings (SSSR count). The molecule has 0 aromatic heterocycles. The lowest BCUT2D eigenvalue weighted by Gasteiger charge is -2.44. The van der Waals surface area contributed by atoms with Crippen LogP contribution in [0.3, 0.4) is 0 Å². The molecule has 2 aromatic rings. The van der Waals surface area contributed by atoms with Crippen LogP contribution in [-0.2, 0) is 16.0 Å². The van der Waals surface area contributed by atoms with E-state index >= 15 is 0 Å².